The van der Waals surface area contributed by atoms with Gasteiger partial charge in [0.2, 0.25) is 5.91 Å². The van der Waals surface area contributed by atoms with Crippen LogP contribution in [0, 0.1) is 0 Å². The van der Waals surface area contributed by atoms with Crippen molar-refractivity contribution in [2.24, 2.45) is 0 Å². The first-order valence-corrected chi connectivity index (χ1v) is 11.6. The summed E-state index contributed by atoms with van der Waals surface area (Å²) in [6.45, 7) is 0.659. The average molecular weight is 538 g/mol. The molecule has 2 aromatic rings. The molecular weight excluding hydrogens is 515 g/mol. The number of anilines is 1. The van der Waals surface area contributed by atoms with Gasteiger partial charge in [-0.3, -0.25) is 4.79 Å². The van der Waals surface area contributed by atoms with Crippen LogP contribution in [0.25, 0.3) is 0 Å². The Morgan fingerprint density at radius 3 is 2.14 bits per heavy atom. The van der Waals surface area contributed by atoms with Crippen LogP contribution in [0.15, 0.2) is 36.4 Å². The molecule has 1 aliphatic carbocycles. The van der Waals surface area contributed by atoms with Gasteiger partial charge in [0.1, 0.15) is 5.41 Å². The molecule has 1 heterocycles. The molecule has 1 saturated heterocycles. The van der Waals surface area contributed by atoms with Crippen LogP contribution in [0.5, 0.6) is 0 Å². The Kier molecular flexibility index (Phi) is 6.69. The van der Waals surface area contributed by atoms with E-state index in [2.05, 4.69) is 5.32 Å². The fourth-order valence-electron chi connectivity index (χ4n) is 5.14. The van der Waals surface area contributed by atoms with Crippen molar-refractivity contribution in [3.63, 3.8) is 0 Å². The van der Waals surface area contributed by atoms with Crippen LogP contribution < -0.4 is 10.2 Å². The molecule has 4 rings (SSSR count). The average Bonchev–Trinajstić information content (AvgIpc) is 3.43. The molecule has 1 N–H and O–H groups in total. The van der Waals surface area contributed by atoms with Gasteiger partial charge >= 0.3 is 18.5 Å². The smallest absolute Gasteiger partial charge is 0.370 e. The number of carbonyl (C=O) groups is 1. The number of alkyl halides is 9. The van der Waals surface area contributed by atoms with E-state index >= 15 is 0 Å². The predicted molar refractivity (Wildman–Crippen MR) is 117 cm³/mol. The third-order valence-corrected chi connectivity index (χ3v) is 7.18. The molecule has 2 aromatic carbocycles. The number of aryl methyl sites for hydroxylation is 1. The first kappa shape index (κ1) is 27.1. The third kappa shape index (κ3) is 5.11. The number of benzene rings is 2. The predicted octanol–water partition coefficient (Wildman–Crippen LogP) is 6.95. The van der Waals surface area contributed by atoms with Gasteiger partial charge in [0.05, 0.1) is 17.2 Å². The second kappa shape index (κ2) is 9.13. The number of carbonyl (C=O) groups excluding carboxylic acids is 1. The summed E-state index contributed by atoms with van der Waals surface area (Å²) in [5.74, 6) is -0.143. The number of fused-ring (bicyclic) bond motifs is 1. The first-order chi connectivity index (χ1) is 17.0. The van der Waals surface area contributed by atoms with E-state index in [9.17, 15) is 44.3 Å². The molecule has 0 unspecified atom stereocenters. The monoisotopic (exact) mass is 538 g/mol. The number of amides is 1. The number of hydrogen-bond acceptors (Lipinski definition) is 2. The Labute approximate surface area is 206 Å². The molecule has 1 fully saturated rings. The fraction of sp³-hybridized carbons (Fsp3) is 0.480. The lowest BCUT2D eigenvalue weighted by molar-refractivity contribution is -0.185. The fourth-order valence-corrected chi connectivity index (χ4v) is 5.14. The molecule has 0 spiro atoms. The minimum atomic E-state index is -5.26. The van der Waals surface area contributed by atoms with Gasteiger partial charge in [-0.05, 0) is 66.3 Å². The maximum atomic E-state index is 14.4. The van der Waals surface area contributed by atoms with Crippen LogP contribution in [0.1, 0.15) is 60.0 Å². The van der Waals surface area contributed by atoms with Crippen molar-refractivity contribution in [2.45, 2.75) is 62.6 Å². The van der Waals surface area contributed by atoms with Crippen LogP contribution in [-0.4, -0.2) is 25.2 Å². The second-order valence-corrected chi connectivity index (χ2v) is 9.44. The van der Waals surface area contributed by atoms with E-state index in [4.69, 9.17) is 0 Å². The number of nitrogens with zero attached hydrogens (tertiary/aromatic N) is 1. The van der Waals surface area contributed by atoms with E-state index in [1.54, 1.807) is 25.1 Å². The van der Waals surface area contributed by atoms with Gasteiger partial charge < -0.3 is 10.2 Å². The Bertz CT molecular complexity index is 1150. The van der Waals surface area contributed by atoms with Crippen molar-refractivity contribution in [1.29, 1.82) is 0 Å². The summed E-state index contributed by atoms with van der Waals surface area (Å²) in [5.41, 5.74) is -5.51. The zero-order chi connectivity index (χ0) is 27.4. The summed E-state index contributed by atoms with van der Waals surface area (Å²) in [4.78, 5) is 13.1. The van der Waals surface area contributed by atoms with Crippen molar-refractivity contribution in [2.75, 3.05) is 18.0 Å². The summed E-state index contributed by atoms with van der Waals surface area (Å²) < 4.78 is 123. The van der Waals surface area contributed by atoms with E-state index in [0.717, 1.165) is 11.1 Å². The molecule has 12 heteroatoms. The summed E-state index contributed by atoms with van der Waals surface area (Å²) >= 11 is 0. The van der Waals surface area contributed by atoms with Crippen molar-refractivity contribution in [1.82, 2.24) is 5.32 Å². The van der Waals surface area contributed by atoms with Gasteiger partial charge in [-0.25, -0.2) is 0 Å². The summed E-state index contributed by atoms with van der Waals surface area (Å²) in [6.07, 6.45) is -14.9. The van der Waals surface area contributed by atoms with Gasteiger partial charge in [0.25, 0.3) is 0 Å². The lowest BCUT2D eigenvalue weighted by Gasteiger charge is -2.33. The highest BCUT2D eigenvalue weighted by Gasteiger charge is 2.60. The Balaban J connectivity index is 1.71. The van der Waals surface area contributed by atoms with Crippen molar-refractivity contribution < 1.29 is 44.3 Å². The molecule has 37 heavy (non-hydrogen) atoms. The SMILES string of the molecule is CCC(=O)N[C@H]1CCc2cc(N3CC[C@@](c4cc(C(F)(F)F)cc(C(F)(F)F)c4)(C(F)(F)F)C3)ccc21. The van der Waals surface area contributed by atoms with Crippen LogP contribution in [-0.2, 0) is 29.0 Å². The highest BCUT2D eigenvalue weighted by molar-refractivity contribution is 5.76. The van der Waals surface area contributed by atoms with E-state index < -0.39 is 53.6 Å². The molecule has 1 amide bonds. The van der Waals surface area contributed by atoms with E-state index in [1.807, 2.05) is 0 Å². The minimum absolute atomic E-state index is 0.143. The number of halogens is 9. The van der Waals surface area contributed by atoms with E-state index in [-0.39, 0.29) is 36.7 Å². The standard InChI is InChI=1S/C25H23F9N2O/c1-2-21(37)35-20-6-3-14-9-18(4-5-19(14)20)36-8-7-22(13-36,25(32,33)34)15-10-16(23(26,27)28)12-17(11-15)24(29,30)31/h4-5,9-12,20H,2-3,6-8,13H2,1H3,(H,35,37)/t20-,22+/m0/s1. The highest BCUT2D eigenvalue weighted by Crippen LogP contribution is 2.51. The first-order valence-electron chi connectivity index (χ1n) is 11.6. The Morgan fingerprint density at radius 1 is 0.973 bits per heavy atom. The minimum Gasteiger partial charge on any atom is -0.370 e. The van der Waals surface area contributed by atoms with Crippen molar-refractivity contribution in [3.05, 3.63) is 64.2 Å². The van der Waals surface area contributed by atoms with Gasteiger partial charge in [0, 0.05) is 25.2 Å². The lowest BCUT2D eigenvalue weighted by atomic mass is 9.77. The van der Waals surface area contributed by atoms with Gasteiger partial charge in [-0.15, -0.1) is 0 Å². The molecule has 0 bridgehead atoms. The highest BCUT2D eigenvalue weighted by atomic mass is 19.4. The van der Waals surface area contributed by atoms with Gasteiger partial charge in [0.15, 0.2) is 0 Å². The zero-order valence-corrected chi connectivity index (χ0v) is 19.5. The second-order valence-electron chi connectivity index (χ2n) is 9.44. The van der Waals surface area contributed by atoms with E-state index in [0.29, 0.717) is 24.9 Å². The van der Waals surface area contributed by atoms with Crippen LogP contribution in [0.4, 0.5) is 45.2 Å². The van der Waals surface area contributed by atoms with Crippen molar-refractivity contribution in [3.8, 4) is 0 Å². The van der Waals surface area contributed by atoms with Crippen LogP contribution in [0.3, 0.4) is 0 Å². The summed E-state index contributed by atoms with van der Waals surface area (Å²) in [5, 5.41) is 2.88. The molecule has 2 atom stereocenters. The molecule has 2 aliphatic rings. The Morgan fingerprint density at radius 2 is 1.59 bits per heavy atom. The summed E-state index contributed by atoms with van der Waals surface area (Å²) in [7, 11) is 0. The van der Waals surface area contributed by atoms with Crippen LogP contribution >= 0.6 is 0 Å². The number of hydrogen-bond donors (Lipinski definition) is 1. The molecule has 1 aliphatic heterocycles. The maximum Gasteiger partial charge on any atom is 0.416 e. The lowest BCUT2D eigenvalue weighted by Crippen LogP contribution is -2.45. The Hall–Kier alpha value is -2.92. The van der Waals surface area contributed by atoms with E-state index in [1.165, 1.54) is 4.90 Å². The molecule has 0 saturated carbocycles. The van der Waals surface area contributed by atoms with Gasteiger partial charge in [-0.1, -0.05) is 13.0 Å². The molecule has 0 radical (unpaired) electrons. The third-order valence-electron chi connectivity index (χ3n) is 7.18. The normalized spacial score (nSPS) is 22.3. The topological polar surface area (TPSA) is 32.3 Å². The number of nitrogens with one attached hydrogen (secondary N) is 1. The molecule has 0 aromatic heterocycles. The van der Waals surface area contributed by atoms with Crippen molar-refractivity contribution >= 4 is 11.6 Å². The van der Waals surface area contributed by atoms with Gasteiger partial charge in [-0.2, -0.15) is 39.5 Å². The quantitative estimate of drug-likeness (QED) is 0.428. The molecule has 3 nitrogen and oxygen atoms in total. The largest absolute Gasteiger partial charge is 0.416 e. The molecule has 202 valence electrons. The maximum absolute atomic E-state index is 14.4. The molecular formula is C25H23F9N2O. The zero-order valence-electron chi connectivity index (χ0n) is 19.5. The summed E-state index contributed by atoms with van der Waals surface area (Å²) in [6, 6.07) is 4.88. The number of rotatable bonds is 4. The van der Waals surface area contributed by atoms with Crippen LogP contribution in [0.2, 0.25) is 0 Å².